The number of alkyl halides is 1. The first-order valence-corrected chi connectivity index (χ1v) is 10.2. The van der Waals surface area contributed by atoms with Crippen LogP contribution < -0.4 is 10.1 Å². The third-order valence-electron chi connectivity index (χ3n) is 4.64. The Hall–Kier alpha value is -1.78. The predicted octanol–water partition coefficient (Wildman–Crippen LogP) is 6.03. The van der Waals surface area contributed by atoms with Crippen LogP contribution >= 0.6 is 27.5 Å². The molecule has 3 rings (SSSR count). The van der Waals surface area contributed by atoms with Gasteiger partial charge in [-0.25, -0.2) is 0 Å². The number of methoxy groups -OCH3 is 1. The Labute approximate surface area is 173 Å². The Morgan fingerprint density at radius 1 is 1.22 bits per heavy atom. The third-order valence-corrected chi connectivity index (χ3v) is 5.42. The summed E-state index contributed by atoms with van der Waals surface area (Å²) in [6, 6.07) is 10.1. The van der Waals surface area contributed by atoms with Gasteiger partial charge in [0.1, 0.15) is 5.75 Å². The molecule has 1 N–H and O–H groups in total. The van der Waals surface area contributed by atoms with Gasteiger partial charge in [0.05, 0.1) is 11.6 Å². The van der Waals surface area contributed by atoms with Gasteiger partial charge in [-0.05, 0) is 69.2 Å². The molecule has 27 heavy (non-hydrogen) atoms. The molecule has 0 saturated heterocycles. The number of ether oxygens (including phenoxy) is 1. The number of aryl methyl sites for hydroxylation is 1. The van der Waals surface area contributed by atoms with Crippen LogP contribution in [0.2, 0.25) is 0 Å². The van der Waals surface area contributed by atoms with E-state index in [0.29, 0.717) is 11.5 Å². The van der Waals surface area contributed by atoms with Crippen molar-refractivity contribution in [3.05, 3.63) is 57.1 Å². The lowest BCUT2D eigenvalue weighted by atomic mass is 9.85. The van der Waals surface area contributed by atoms with Gasteiger partial charge in [0.2, 0.25) is 0 Å². The standard InChI is InChI=1S/C22H23BrClNO2/c1-22(2,3)17-11-14(12-18(23)20(17)27-4)10-16-15-9-13(7-8-24)5-6-19(15)25-21(16)26/h5-6,9-12H,7-8H2,1-4H3,(H,25,26). The summed E-state index contributed by atoms with van der Waals surface area (Å²) in [5, 5.41) is 2.94. The first-order valence-electron chi connectivity index (χ1n) is 8.85. The summed E-state index contributed by atoms with van der Waals surface area (Å²) in [5.74, 6) is 1.29. The van der Waals surface area contributed by atoms with Crippen molar-refractivity contribution in [3.63, 3.8) is 0 Å². The number of halogens is 2. The Kier molecular flexibility index (Phi) is 5.68. The molecule has 3 nitrogen and oxygen atoms in total. The Bertz CT molecular complexity index is 929. The summed E-state index contributed by atoms with van der Waals surface area (Å²) in [6.45, 7) is 6.43. The average Bonchev–Trinajstić information content (AvgIpc) is 2.89. The van der Waals surface area contributed by atoms with Gasteiger partial charge in [-0.1, -0.05) is 26.8 Å². The van der Waals surface area contributed by atoms with Gasteiger partial charge >= 0.3 is 0 Å². The summed E-state index contributed by atoms with van der Waals surface area (Å²) in [5.41, 5.74) is 5.50. The number of carbonyl (C=O) groups excluding carboxylic acids is 1. The van der Waals surface area contributed by atoms with Crippen LogP contribution in [0.3, 0.4) is 0 Å². The maximum absolute atomic E-state index is 12.6. The van der Waals surface area contributed by atoms with Gasteiger partial charge in [-0.15, -0.1) is 11.6 Å². The minimum atomic E-state index is -0.0915. The number of hydrogen-bond donors (Lipinski definition) is 1. The van der Waals surface area contributed by atoms with E-state index in [1.165, 1.54) is 0 Å². The Balaban J connectivity index is 2.12. The minimum Gasteiger partial charge on any atom is -0.495 e. The monoisotopic (exact) mass is 447 g/mol. The molecule has 0 spiro atoms. The molecule has 0 bridgehead atoms. The highest BCUT2D eigenvalue weighted by atomic mass is 79.9. The van der Waals surface area contributed by atoms with Crippen LogP contribution in [0.5, 0.6) is 5.75 Å². The van der Waals surface area contributed by atoms with Gasteiger partial charge in [-0.2, -0.15) is 0 Å². The van der Waals surface area contributed by atoms with Crippen LogP contribution in [0, 0.1) is 0 Å². The van der Waals surface area contributed by atoms with Crippen LogP contribution in [-0.2, 0) is 16.6 Å². The Morgan fingerprint density at radius 2 is 1.96 bits per heavy atom. The molecule has 142 valence electrons. The molecule has 0 unspecified atom stereocenters. The second-order valence-electron chi connectivity index (χ2n) is 7.66. The molecule has 5 heteroatoms. The summed E-state index contributed by atoms with van der Waals surface area (Å²) < 4.78 is 6.46. The first-order chi connectivity index (χ1) is 12.7. The molecular formula is C22H23BrClNO2. The molecular weight excluding hydrogens is 426 g/mol. The molecule has 0 radical (unpaired) electrons. The number of anilines is 1. The zero-order chi connectivity index (χ0) is 19.8. The second-order valence-corrected chi connectivity index (χ2v) is 8.90. The van der Waals surface area contributed by atoms with E-state index in [1.807, 2.05) is 30.3 Å². The molecule has 1 amide bonds. The molecule has 0 aliphatic carbocycles. The summed E-state index contributed by atoms with van der Waals surface area (Å²) in [7, 11) is 1.67. The molecule has 0 fully saturated rings. The van der Waals surface area contributed by atoms with Crippen LogP contribution in [0.25, 0.3) is 11.6 Å². The van der Waals surface area contributed by atoms with Crippen LogP contribution in [-0.4, -0.2) is 18.9 Å². The normalized spacial score (nSPS) is 15.0. The van der Waals surface area contributed by atoms with E-state index in [4.69, 9.17) is 16.3 Å². The van der Waals surface area contributed by atoms with E-state index in [2.05, 4.69) is 48.1 Å². The number of rotatable bonds is 4. The highest BCUT2D eigenvalue weighted by Crippen LogP contribution is 2.40. The summed E-state index contributed by atoms with van der Waals surface area (Å²) >= 11 is 9.48. The highest BCUT2D eigenvalue weighted by molar-refractivity contribution is 9.10. The van der Waals surface area contributed by atoms with E-state index in [1.54, 1.807) is 7.11 Å². The quantitative estimate of drug-likeness (QED) is 0.458. The number of amides is 1. The van der Waals surface area contributed by atoms with Crippen molar-refractivity contribution < 1.29 is 9.53 Å². The van der Waals surface area contributed by atoms with Crippen molar-refractivity contribution in [3.8, 4) is 5.75 Å². The maximum atomic E-state index is 12.6. The van der Waals surface area contributed by atoms with Gasteiger partial charge in [-0.3, -0.25) is 4.79 Å². The van der Waals surface area contributed by atoms with E-state index in [0.717, 1.165) is 44.6 Å². The molecule has 1 aliphatic rings. The highest BCUT2D eigenvalue weighted by Gasteiger charge is 2.26. The van der Waals surface area contributed by atoms with Crippen molar-refractivity contribution in [1.82, 2.24) is 0 Å². The van der Waals surface area contributed by atoms with Crippen LogP contribution in [0.4, 0.5) is 5.69 Å². The smallest absolute Gasteiger partial charge is 0.256 e. The van der Waals surface area contributed by atoms with Crippen molar-refractivity contribution in [2.75, 3.05) is 18.3 Å². The molecule has 0 aromatic heterocycles. The fourth-order valence-corrected chi connectivity index (χ4v) is 4.13. The number of benzene rings is 2. The number of nitrogens with one attached hydrogen (secondary N) is 1. The molecule has 1 aliphatic heterocycles. The lowest BCUT2D eigenvalue weighted by molar-refractivity contribution is -0.110. The fourth-order valence-electron chi connectivity index (χ4n) is 3.27. The predicted molar refractivity (Wildman–Crippen MR) is 117 cm³/mol. The molecule has 2 aromatic rings. The lowest BCUT2D eigenvalue weighted by Gasteiger charge is -2.23. The van der Waals surface area contributed by atoms with Gasteiger partial charge in [0, 0.05) is 28.3 Å². The maximum Gasteiger partial charge on any atom is 0.256 e. The van der Waals surface area contributed by atoms with E-state index in [9.17, 15) is 4.79 Å². The Morgan fingerprint density at radius 3 is 2.59 bits per heavy atom. The van der Waals surface area contributed by atoms with Crippen molar-refractivity contribution in [2.24, 2.45) is 0 Å². The zero-order valence-electron chi connectivity index (χ0n) is 16.0. The number of carbonyl (C=O) groups is 1. The zero-order valence-corrected chi connectivity index (χ0v) is 18.3. The van der Waals surface area contributed by atoms with Crippen molar-refractivity contribution in [2.45, 2.75) is 32.6 Å². The van der Waals surface area contributed by atoms with Gasteiger partial charge < -0.3 is 10.1 Å². The molecule has 2 aromatic carbocycles. The summed E-state index contributed by atoms with van der Waals surface area (Å²) in [4.78, 5) is 12.6. The van der Waals surface area contributed by atoms with Crippen LogP contribution in [0.15, 0.2) is 34.8 Å². The fraction of sp³-hybridized carbons (Fsp3) is 0.318. The van der Waals surface area contributed by atoms with Gasteiger partial charge in [0.25, 0.3) is 5.91 Å². The van der Waals surface area contributed by atoms with E-state index >= 15 is 0 Å². The average molecular weight is 449 g/mol. The van der Waals surface area contributed by atoms with Gasteiger partial charge in [0.15, 0.2) is 0 Å². The number of hydrogen-bond acceptors (Lipinski definition) is 2. The minimum absolute atomic E-state index is 0.0859. The largest absolute Gasteiger partial charge is 0.495 e. The second kappa shape index (κ2) is 7.69. The molecule has 0 saturated carbocycles. The van der Waals surface area contributed by atoms with Crippen molar-refractivity contribution >= 4 is 50.8 Å². The first kappa shape index (κ1) is 20.0. The topological polar surface area (TPSA) is 38.3 Å². The summed E-state index contributed by atoms with van der Waals surface area (Å²) in [6.07, 6.45) is 2.71. The van der Waals surface area contributed by atoms with E-state index in [-0.39, 0.29) is 11.3 Å². The van der Waals surface area contributed by atoms with Crippen LogP contribution in [0.1, 0.15) is 43.0 Å². The third kappa shape index (κ3) is 4.07. The lowest BCUT2D eigenvalue weighted by Crippen LogP contribution is -2.13. The van der Waals surface area contributed by atoms with E-state index < -0.39 is 0 Å². The molecule has 0 atom stereocenters. The molecule has 1 heterocycles. The number of fused-ring (bicyclic) bond motifs is 1. The van der Waals surface area contributed by atoms with Crippen molar-refractivity contribution in [1.29, 1.82) is 0 Å². The SMILES string of the molecule is COc1c(Br)cc(C=C2C(=O)Nc3ccc(CCCl)cc32)cc1C(C)(C)C.